The largest absolute Gasteiger partial charge is 0.479 e. The van der Waals surface area contributed by atoms with Crippen LogP contribution in [0, 0.1) is 12.7 Å². The summed E-state index contributed by atoms with van der Waals surface area (Å²) in [7, 11) is 3.21. The fourth-order valence-electron chi connectivity index (χ4n) is 4.36. The number of aryl methyl sites for hydroxylation is 1. The highest BCUT2D eigenvalue weighted by atomic mass is 19.4. The Morgan fingerprint density at radius 3 is 2.63 bits per heavy atom. The maximum atomic E-state index is 14.8. The lowest BCUT2D eigenvalue weighted by Gasteiger charge is -2.34. The fourth-order valence-corrected chi connectivity index (χ4v) is 4.36. The monoisotopic (exact) mass is 493 g/mol. The molecule has 0 bridgehead atoms. The number of piperidine rings is 1. The molecule has 2 atom stereocenters. The highest BCUT2D eigenvalue weighted by Gasteiger charge is 2.35. The first kappa shape index (κ1) is 24.9. The number of hydrogen-bond donors (Lipinski definition) is 1. The molecule has 1 aromatic carbocycles. The molecular formula is C24H27F4N5O2. The quantitative estimate of drug-likeness (QED) is 0.468. The van der Waals surface area contributed by atoms with E-state index in [-0.39, 0.29) is 11.7 Å². The maximum Gasteiger partial charge on any atom is 0.419 e. The van der Waals surface area contributed by atoms with Crippen LogP contribution in [-0.4, -0.2) is 48.4 Å². The van der Waals surface area contributed by atoms with Crippen LogP contribution in [0.2, 0.25) is 0 Å². The summed E-state index contributed by atoms with van der Waals surface area (Å²) in [6.07, 6.45) is -2.84. The molecule has 7 nitrogen and oxygen atoms in total. The number of fused-ring (bicyclic) bond motifs is 1. The molecule has 4 rings (SSSR count). The second kappa shape index (κ2) is 9.80. The molecule has 0 saturated carbocycles. The molecule has 3 heterocycles. The number of halogens is 4. The number of pyridine rings is 1. The minimum Gasteiger partial charge on any atom is -0.479 e. The normalized spacial score (nSPS) is 17.5. The van der Waals surface area contributed by atoms with Crippen LogP contribution in [-0.2, 0) is 10.9 Å². The summed E-state index contributed by atoms with van der Waals surface area (Å²) >= 11 is 0. The highest BCUT2D eigenvalue weighted by molar-refractivity contribution is 5.90. The lowest BCUT2D eigenvalue weighted by molar-refractivity contribution is -0.140. The third kappa shape index (κ3) is 5.09. The van der Waals surface area contributed by atoms with Crippen LogP contribution < -0.4 is 15.0 Å². The first-order valence-electron chi connectivity index (χ1n) is 11.3. The van der Waals surface area contributed by atoms with Crippen molar-refractivity contribution in [2.45, 2.75) is 45.0 Å². The number of rotatable bonds is 6. The summed E-state index contributed by atoms with van der Waals surface area (Å²) in [6, 6.07) is 4.27. The van der Waals surface area contributed by atoms with Crippen LogP contribution in [0.4, 0.5) is 29.1 Å². The second-order valence-corrected chi connectivity index (χ2v) is 8.53. The molecule has 1 saturated heterocycles. The predicted octanol–water partition coefficient (Wildman–Crippen LogP) is 5.29. The molecule has 1 fully saturated rings. The Bertz CT molecular complexity index is 1220. The van der Waals surface area contributed by atoms with E-state index >= 15 is 0 Å². The van der Waals surface area contributed by atoms with E-state index in [1.165, 1.54) is 19.2 Å². The maximum absolute atomic E-state index is 14.8. The van der Waals surface area contributed by atoms with Gasteiger partial charge in [-0.3, -0.25) is 0 Å². The minimum absolute atomic E-state index is 0.0694. The van der Waals surface area contributed by atoms with E-state index in [2.05, 4.69) is 25.2 Å². The Morgan fingerprint density at radius 1 is 1.17 bits per heavy atom. The highest BCUT2D eigenvalue weighted by Crippen LogP contribution is 2.37. The first-order valence-corrected chi connectivity index (χ1v) is 11.3. The topological polar surface area (TPSA) is 72.4 Å². The molecule has 0 spiro atoms. The van der Waals surface area contributed by atoms with Crippen molar-refractivity contribution in [3.63, 3.8) is 0 Å². The summed E-state index contributed by atoms with van der Waals surface area (Å²) < 4.78 is 65.5. The number of benzene rings is 1. The SMILES string of the molecule is COc1nc2nc(C)nc(N[C@H](C)c3cccc(C(F)(F)F)c3F)c2cc1N1CCC[C@H](OC)C1. The van der Waals surface area contributed by atoms with Crippen molar-refractivity contribution in [1.29, 1.82) is 0 Å². The van der Waals surface area contributed by atoms with Gasteiger partial charge in [-0.05, 0) is 38.8 Å². The summed E-state index contributed by atoms with van der Waals surface area (Å²) in [4.78, 5) is 15.5. The summed E-state index contributed by atoms with van der Waals surface area (Å²) in [5, 5.41) is 3.61. The molecule has 0 amide bonds. The van der Waals surface area contributed by atoms with Gasteiger partial charge in [0.1, 0.15) is 23.1 Å². The number of anilines is 2. The van der Waals surface area contributed by atoms with E-state index in [9.17, 15) is 17.6 Å². The Morgan fingerprint density at radius 2 is 1.94 bits per heavy atom. The van der Waals surface area contributed by atoms with Gasteiger partial charge < -0.3 is 19.7 Å². The van der Waals surface area contributed by atoms with E-state index in [1.807, 2.05) is 6.07 Å². The zero-order chi connectivity index (χ0) is 25.3. The summed E-state index contributed by atoms with van der Waals surface area (Å²) in [5.74, 6) is -0.172. The van der Waals surface area contributed by atoms with Crippen LogP contribution in [0.5, 0.6) is 5.88 Å². The van der Waals surface area contributed by atoms with Crippen LogP contribution in [0.25, 0.3) is 11.0 Å². The fraction of sp³-hybridized carbons (Fsp3) is 0.458. The molecule has 1 N–H and O–H groups in total. The van der Waals surface area contributed by atoms with Crippen molar-refractivity contribution in [3.05, 3.63) is 47.0 Å². The van der Waals surface area contributed by atoms with E-state index in [0.29, 0.717) is 35.1 Å². The number of aromatic nitrogens is 3. The van der Waals surface area contributed by atoms with Crippen LogP contribution in [0.3, 0.4) is 0 Å². The van der Waals surface area contributed by atoms with Gasteiger partial charge >= 0.3 is 6.18 Å². The molecule has 0 unspecified atom stereocenters. The van der Waals surface area contributed by atoms with Gasteiger partial charge in [0.2, 0.25) is 5.88 Å². The Kier molecular flexibility index (Phi) is 6.98. The Balaban J connectivity index is 1.75. The van der Waals surface area contributed by atoms with E-state index in [4.69, 9.17) is 9.47 Å². The molecule has 0 radical (unpaired) electrons. The van der Waals surface area contributed by atoms with Crippen molar-refractivity contribution in [2.75, 3.05) is 37.5 Å². The van der Waals surface area contributed by atoms with Crippen LogP contribution in [0.15, 0.2) is 24.3 Å². The molecule has 3 aromatic rings. The average Bonchev–Trinajstić information content (AvgIpc) is 2.82. The van der Waals surface area contributed by atoms with E-state index in [0.717, 1.165) is 31.1 Å². The third-order valence-corrected chi connectivity index (χ3v) is 6.14. The molecule has 35 heavy (non-hydrogen) atoms. The van der Waals surface area contributed by atoms with E-state index < -0.39 is 23.6 Å². The molecule has 2 aromatic heterocycles. The molecule has 0 aliphatic carbocycles. The van der Waals surface area contributed by atoms with Crippen LogP contribution in [0.1, 0.15) is 42.8 Å². The Labute approximate surface area is 200 Å². The summed E-state index contributed by atoms with van der Waals surface area (Å²) in [6.45, 7) is 4.69. The first-order chi connectivity index (χ1) is 16.6. The number of nitrogens with one attached hydrogen (secondary N) is 1. The van der Waals surface area contributed by atoms with Crippen molar-refractivity contribution in [3.8, 4) is 5.88 Å². The second-order valence-electron chi connectivity index (χ2n) is 8.53. The number of hydrogen-bond acceptors (Lipinski definition) is 7. The van der Waals surface area contributed by atoms with Gasteiger partial charge in [0, 0.05) is 25.8 Å². The van der Waals surface area contributed by atoms with Gasteiger partial charge in [-0.15, -0.1) is 0 Å². The lowest BCUT2D eigenvalue weighted by Crippen LogP contribution is -2.39. The van der Waals surface area contributed by atoms with Crippen molar-refractivity contribution in [2.24, 2.45) is 0 Å². The Hall–Kier alpha value is -3.21. The van der Waals surface area contributed by atoms with Gasteiger partial charge in [0.15, 0.2) is 5.65 Å². The van der Waals surface area contributed by atoms with Gasteiger partial charge in [0.25, 0.3) is 0 Å². The number of ether oxygens (including phenoxy) is 2. The van der Waals surface area contributed by atoms with Crippen molar-refractivity contribution < 1.29 is 27.0 Å². The van der Waals surface area contributed by atoms with Gasteiger partial charge in [0.05, 0.1) is 30.2 Å². The van der Waals surface area contributed by atoms with E-state index in [1.54, 1.807) is 21.0 Å². The van der Waals surface area contributed by atoms with Crippen LogP contribution >= 0.6 is 0 Å². The zero-order valence-electron chi connectivity index (χ0n) is 19.9. The molecule has 188 valence electrons. The molecule has 11 heteroatoms. The number of methoxy groups -OCH3 is 2. The number of nitrogens with zero attached hydrogens (tertiary/aromatic N) is 4. The molecule has 1 aliphatic rings. The average molecular weight is 494 g/mol. The number of alkyl halides is 3. The minimum atomic E-state index is -4.79. The van der Waals surface area contributed by atoms with Crippen molar-refractivity contribution in [1.82, 2.24) is 15.0 Å². The lowest BCUT2D eigenvalue weighted by atomic mass is 10.0. The van der Waals surface area contributed by atoms with Gasteiger partial charge in [-0.1, -0.05) is 12.1 Å². The van der Waals surface area contributed by atoms with Crippen molar-refractivity contribution >= 4 is 22.5 Å². The predicted molar refractivity (Wildman–Crippen MR) is 124 cm³/mol. The molecule has 1 aliphatic heterocycles. The zero-order valence-corrected chi connectivity index (χ0v) is 19.9. The smallest absolute Gasteiger partial charge is 0.419 e. The standard InChI is InChI=1S/C24H27F4N5O2/c1-13(16-8-5-9-18(20(16)25)24(26,27)28)29-21-17-11-19(33-10-6-7-15(12-33)34-3)23(35-4)32-22(17)31-14(2)30-21/h5,8-9,11,13,15H,6-7,10,12H2,1-4H3,(H,29,30,31,32)/t13-,15+/m1/s1. The third-order valence-electron chi connectivity index (χ3n) is 6.14. The van der Waals surface area contributed by atoms with Gasteiger partial charge in [-0.2, -0.15) is 18.2 Å². The summed E-state index contributed by atoms with van der Waals surface area (Å²) in [5.41, 5.74) is -0.337. The van der Waals surface area contributed by atoms with Gasteiger partial charge in [-0.25, -0.2) is 14.4 Å². The molecular weight excluding hydrogens is 466 g/mol.